The van der Waals surface area contributed by atoms with E-state index in [0.717, 1.165) is 18.9 Å². The molecule has 0 radical (unpaired) electrons. The van der Waals surface area contributed by atoms with Crippen LogP contribution >= 0.6 is 0 Å². The van der Waals surface area contributed by atoms with Crippen LogP contribution in [0.4, 0.5) is 0 Å². The molecular formula is C10H20N4. The zero-order chi connectivity index (χ0) is 9.80. The van der Waals surface area contributed by atoms with Gasteiger partial charge in [0.15, 0.2) is 0 Å². The molecule has 0 aromatic heterocycles. The van der Waals surface area contributed by atoms with Crippen molar-refractivity contribution >= 4 is 0 Å². The fourth-order valence-corrected chi connectivity index (χ4v) is 2.39. The van der Waals surface area contributed by atoms with Gasteiger partial charge in [0.1, 0.15) is 6.17 Å². The van der Waals surface area contributed by atoms with Gasteiger partial charge in [0.25, 0.3) is 0 Å². The zero-order valence-corrected chi connectivity index (χ0v) is 8.95. The van der Waals surface area contributed by atoms with E-state index in [0.29, 0.717) is 0 Å². The average molecular weight is 196 g/mol. The van der Waals surface area contributed by atoms with Crippen molar-refractivity contribution in [3.05, 3.63) is 0 Å². The van der Waals surface area contributed by atoms with Crippen molar-refractivity contribution in [3.8, 4) is 0 Å². The van der Waals surface area contributed by atoms with Crippen LogP contribution in [0.5, 0.6) is 0 Å². The maximum atomic E-state index is 4.14. The van der Waals surface area contributed by atoms with E-state index in [4.69, 9.17) is 0 Å². The Hall–Kier alpha value is -0.640. The molecule has 80 valence electrons. The van der Waals surface area contributed by atoms with Gasteiger partial charge in [-0.25, -0.2) is 5.53 Å². The number of nitrogens with one attached hydrogen (secondary N) is 1. The van der Waals surface area contributed by atoms with Crippen molar-refractivity contribution in [2.45, 2.75) is 51.6 Å². The summed E-state index contributed by atoms with van der Waals surface area (Å²) < 4.78 is 0. The first-order valence-electron chi connectivity index (χ1n) is 5.82. The number of hydrogen-bond donors (Lipinski definition) is 1. The van der Waals surface area contributed by atoms with E-state index in [1.807, 2.05) is 0 Å². The molecule has 4 nitrogen and oxygen atoms in total. The highest BCUT2D eigenvalue weighted by atomic mass is 15.8. The summed E-state index contributed by atoms with van der Waals surface area (Å²) in [7, 11) is 0. The van der Waals surface area contributed by atoms with Gasteiger partial charge in [0, 0.05) is 6.54 Å². The molecule has 1 heterocycles. The first kappa shape index (κ1) is 9.90. The molecule has 0 aromatic carbocycles. The van der Waals surface area contributed by atoms with Crippen molar-refractivity contribution in [2.24, 2.45) is 16.3 Å². The third-order valence-electron chi connectivity index (χ3n) is 3.27. The third-order valence-corrected chi connectivity index (χ3v) is 3.27. The van der Waals surface area contributed by atoms with E-state index in [2.05, 4.69) is 27.8 Å². The quantitative estimate of drug-likeness (QED) is 0.753. The Morgan fingerprint density at radius 2 is 2.07 bits per heavy atom. The summed E-state index contributed by atoms with van der Waals surface area (Å²) >= 11 is 0. The fraction of sp³-hybridized carbons (Fsp3) is 1.00. The van der Waals surface area contributed by atoms with E-state index in [-0.39, 0.29) is 6.17 Å². The molecule has 1 N–H and O–H groups in total. The van der Waals surface area contributed by atoms with Crippen molar-refractivity contribution in [2.75, 3.05) is 6.54 Å². The second-order valence-electron chi connectivity index (χ2n) is 4.36. The minimum absolute atomic E-state index is 0.275. The lowest BCUT2D eigenvalue weighted by molar-refractivity contribution is 0.124. The Kier molecular flexibility index (Phi) is 3.35. The Labute approximate surface area is 85.7 Å². The lowest BCUT2D eigenvalue weighted by Gasteiger charge is -2.27. The molecular weight excluding hydrogens is 176 g/mol. The largest absolute Gasteiger partial charge is 0.220 e. The Balaban J connectivity index is 1.78. The normalized spacial score (nSPS) is 29.4. The van der Waals surface area contributed by atoms with Crippen molar-refractivity contribution < 1.29 is 0 Å². The van der Waals surface area contributed by atoms with Gasteiger partial charge in [-0.2, -0.15) is 5.01 Å². The Morgan fingerprint density at radius 3 is 2.79 bits per heavy atom. The Morgan fingerprint density at radius 1 is 1.29 bits per heavy atom. The number of hydrogen-bond acceptors (Lipinski definition) is 4. The molecule has 1 fully saturated rings. The van der Waals surface area contributed by atoms with Gasteiger partial charge in [-0.1, -0.05) is 31.4 Å². The van der Waals surface area contributed by atoms with Crippen LogP contribution in [0.3, 0.4) is 0 Å². The van der Waals surface area contributed by atoms with Crippen molar-refractivity contribution in [1.29, 1.82) is 0 Å². The summed E-state index contributed by atoms with van der Waals surface area (Å²) in [4.78, 5) is 0. The highest BCUT2D eigenvalue weighted by molar-refractivity contribution is 4.73. The molecule has 0 aromatic rings. The van der Waals surface area contributed by atoms with Gasteiger partial charge in [-0.15, -0.1) is 5.11 Å². The molecule has 0 saturated heterocycles. The van der Waals surface area contributed by atoms with Crippen LogP contribution in [-0.2, 0) is 0 Å². The summed E-state index contributed by atoms with van der Waals surface area (Å²) in [5.74, 6) is 0.855. The summed E-state index contributed by atoms with van der Waals surface area (Å²) in [5, 5.41) is 10.2. The topological polar surface area (TPSA) is 40.0 Å². The Bertz CT molecular complexity index is 198. The van der Waals surface area contributed by atoms with Crippen LogP contribution in [0.25, 0.3) is 0 Å². The number of hydrazine groups is 1. The van der Waals surface area contributed by atoms with Gasteiger partial charge in [-0.05, 0) is 25.2 Å². The zero-order valence-electron chi connectivity index (χ0n) is 8.95. The molecule has 2 rings (SSSR count). The summed E-state index contributed by atoms with van der Waals surface area (Å²) in [6, 6.07) is 0. The summed E-state index contributed by atoms with van der Waals surface area (Å²) in [5.41, 5.74) is 3.00. The second kappa shape index (κ2) is 4.73. The van der Waals surface area contributed by atoms with Crippen LogP contribution in [0.1, 0.15) is 45.4 Å². The molecule has 1 aliphatic heterocycles. The molecule has 0 spiro atoms. The van der Waals surface area contributed by atoms with E-state index in [9.17, 15) is 0 Å². The third kappa shape index (κ3) is 2.23. The van der Waals surface area contributed by atoms with Crippen molar-refractivity contribution in [3.63, 3.8) is 0 Å². The van der Waals surface area contributed by atoms with E-state index in [1.54, 1.807) is 0 Å². The van der Waals surface area contributed by atoms with Crippen LogP contribution in [-0.4, -0.2) is 17.7 Å². The van der Waals surface area contributed by atoms with Crippen LogP contribution in [0.15, 0.2) is 10.3 Å². The monoisotopic (exact) mass is 196 g/mol. The van der Waals surface area contributed by atoms with E-state index < -0.39 is 0 Å². The molecule has 0 amide bonds. The van der Waals surface area contributed by atoms with Gasteiger partial charge in [0.05, 0.1) is 0 Å². The summed E-state index contributed by atoms with van der Waals surface area (Å²) in [6.45, 7) is 3.27. The summed E-state index contributed by atoms with van der Waals surface area (Å²) in [6.07, 6.45) is 8.33. The molecule has 1 saturated carbocycles. The van der Waals surface area contributed by atoms with Gasteiger partial charge >= 0.3 is 0 Å². The first-order chi connectivity index (χ1) is 6.90. The highest BCUT2D eigenvalue weighted by Crippen LogP contribution is 2.25. The predicted octanol–water partition coefficient (Wildman–Crippen LogP) is 2.49. The van der Waals surface area contributed by atoms with Gasteiger partial charge < -0.3 is 0 Å². The van der Waals surface area contributed by atoms with Crippen LogP contribution in [0, 0.1) is 5.92 Å². The van der Waals surface area contributed by atoms with Crippen molar-refractivity contribution in [1.82, 2.24) is 10.5 Å². The van der Waals surface area contributed by atoms with Crippen LogP contribution in [0.2, 0.25) is 0 Å². The molecule has 2 aliphatic rings. The lowest BCUT2D eigenvalue weighted by atomic mass is 9.89. The van der Waals surface area contributed by atoms with Gasteiger partial charge in [0.2, 0.25) is 0 Å². The predicted molar refractivity (Wildman–Crippen MR) is 55.4 cm³/mol. The second-order valence-corrected chi connectivity index (χ2v) is 4.36. The molecule has 1 unspecified atom stereocenters. The van der Waals surface area contributed by atoms with E-state index in [1.165, 1.54) is 32.1 Å². The fourth-order valence-electron chi connectivity index (χ4n) is 2.39. The minimum Gasteiger partial charge on any atom is -0.220 e. The SMILES string of the molecule is CCC1N=NNN1CC1CCCCC1. The maximum absolute atomic E-state index is 4.14. The molecule has 1 aliphatic carbocycles. The maximum Gasteiger partial charge on any atom is 0.143 e. The first-order valence-corrected chi connectivity index (χ1v) is 5.82. The lowest BCUT2D eigenvalue weighted by Crippen LogP contribution is -2.40. The minimum atomic E-state index is 0.275. The highest BCUT2D eigenvalue weighted by Gasteiger charge is 2.24. The average Bonchev–Trinajstić information content (AvgIpc) is 2.67. The van der Waals surface area contributed by atoms with E-state index >= 15 is 0 Å². The van der Waals surface area contributed by atoms with Crippen LogP contribution < -0.4 is 5.53 Å². The molecule has 14 heavy (non-hydrogen) atoms. The van der Waals surface area contributed by atoms with Gasteiger partial charge in [-0.3, -0.25) is 0 Å². The number of rotatable bonds is 3. The number of nitrogens with zero attached hydrogens (tertiary/aromatic N) is 3. The molecule has 0 bridgehead atoms. The molecule has 1 atom stereocenters. The molecule has 4 heteroatoms. The standard InChI is InChI=1S/C10H20N4/c1-2-10-11-12-13-14(10)8-9-6-4-3-5-7-9/h9-10H,2-8H2,1H3,(H,11,13). The smallest absolute Gasteiger partial charge is 0.143 e.